The standard InChI is InChI=1S/C20H25NOS/c1-14-6-9-18(10-7-14)12-23-13-20(22)21-17(4)19-11-15(2)5-8-16(19)3/h5-11,17H,12-13H2,1-4H3,(H,21,22)/t17-/m1/s1. The predicted molar refractivity (Wildman–Crippen MR) is 99.8 cm³/mol. The molecular weight excluding hydrogens is 302 g/mol. The summed E-state index contributed by atoms with van der Waals surface area (Å²) in [6.45, 7) is 8.29. The van der Waals surface area contributed by atoms with Gasteiger partial charge in [0, 0.05) is 5.75 Å². The molecule has 1 amide bonds. The summed E-state index contributed by atoms with van der Waals surface area (Å²) in [4.78, 5) is 12.1. The predicted octanol–water partition coefficient (Wildman–Crippen LogP) is 4.72. The first kappa shape index (κ1) is 17.6. The van der Waals surface area contributed by atoms with Crippen LogP contribution in [0.15, 0.2) is 42.5 Å². The number of aryl methyl sites for hydroxylation is 3. The summed E-state index contributed by atoms with van der Waals surface area (Å²) in [5.41, 5.74) is 6.16. The maximum atomic E-state index is 12.1. The number of amides is 1. The van der Waals surface area contributed by atoms with Crippen LogP contribution in [0.25, 0.3) is 0 Å². The molecule has 0 aliphatic carbocycles. The molecule has 23 heavy (non-hydrogen) atoms. The Morgan fingerprint density at radius 3 is 2.39 bits per heavy atom. The van der Waals surface area contributed by atoms with Crippen LogP contribution in [0.3, 0.4) is 0 Å². The molecule has 0 radical (unpaired) electrons. The van der Waals surface area contributed by atoms with E-state index in [4.69, 9.17) is 0 Å². The first-order valence-electron chi connectivity index (χ1n) is 7.95. The maximum Gasteiger partial charge on any atom is 0.230 e. The molecule has 1 N–H and O–H groups in total. The molecule has 2 aromatic carbocycles. The molecule has 0 spiro atoms. The summed E-state index contributed by atoms with van der Waals surface area (Å²) in [6, 6.07) is 14.9. The minimum absolute atomic E-state index is 0.0439. The molecule has 0 unspecified atom stereocenters. The van der Waals surface area contributed by atoms with Crippen LogP contribution in [0, 0.1) is 20.8 Å². The molecule has 0 aromatic heterocycles. The highest BCUT2D eigenvalue weighted by atomic mass is 32.2. The zero-order chi connectivity index (χ0) is 16.8. The third-order valence-corrected chi connectivity index (χ3v) is 4.90. The van der Waals surface area contributed by atoms with Gasteiger partial charge in [0.2, 0.25) is 5.91 Å². The van der Waals surface area contributed by atoms with Crippen LogP contribution in [-0.4, -0.2) is 11.7 Å². The zero-order valence-corrected chi connectivity index (χ0v) is 15.2. The number of hydrogen-bond acceptors (Lipinski definition) is 2. The molecule has 0 aliphatic rings. The maximum absolute atomic E-state index is 12.1. The summed E-state index contributed by atoms with van der Waals surface area (Å²) >= 11 is 1.65. The van der Waals surface area contributed by atoms with E-state index in [9.17, 15) is 4.79 Å². The van der Waals surface area contributed by atoms with E-state index in [-0.39, 0.29) is 11.9 Å². The average Bonchev–Trinajstić information content (AvgIpc) is 2.51. The van der Waals surface area contributed by atoms with E-state index in [0.29, 0.717) is 5.75 Å². The van der Waals surface area contributed by atoms with Gasteiger partial charge in [0.25, 0.3) is 0 Å². The molecule has 122 valence electrons. The number of hydrogen-bond donors (Lipinski definition) is 1. The lowest BCUT2D eigenvalue weighted by Crippen LogP contribution is -2.28. The fourth-order valence-electron chi connectivity index (χ4n) is 2.53. The number of carbonyl (C=O) groups is 1. The number of benzene rings is 2. The Kier molecular flexibility index (Phi) is 6.28. The van der Waals surface area contributed by atoms with Gasteiger partial charge in [-0.2, -0.15) is 0 Å². The smallest absolute Gasteiger partial charge is 0.230 e. The Bertz CT molecular complexity index is 664. The van der Waals surface area contributed by atoms with Gasteiger partial charge >= 0.3 is 0 Å². The van der Waals surface area contributed by atoms with Gasteiger partial charge in [-0.3, -0.25) is 4.79 Å². The average molecular weight is 327 g/mol. The van der Waals surface area contributed by atoms with Crippen molar-refractivity contribution < 1.29 is 4.79 Å². The van der Waals surface area contributed by atoms with Crippen molar-refractivity contribution in [1.29, 1.82) is 0 Å². The van der Waals surface area contributed by atoms with E-state index in [1.807, 2.05) is 6.92 Å². The zero-order valence-electron chi connectivity index (χ0n) is 14.3. The van der Waals surface area contributed by atoms with Crippen molar-refractivity contribution in [2.75, 3.05) is 5.75 Å². The minimum atomic E-state index is 0.0439. The molecule has 0 bridgehead atoms. The minimum Gasteiger partial charge on any atom is -0.349 e. The van der Waals surface area contributed by atoms with Crippen LogP contribution in [0.1, 0.15) is 40.8 Å². The molecule has 2 nitrogen and oxygen atoms in total. The normalized spacial score (nSPS) is 12.0. The lowest BCUT2D eigenvalue weighted by atomic mass is 10.00. The van der Waals surface area contributed by atoms with E-state index in [2.05, 4.69) is 68.6 Å². The van der Waals surface area contributed by atoms with Crippen LogP contribution in [0.4, 0.5) is 0 Å². The number of carbonyl (C=O) groups excluding carboxylic acids is 1. The van der Waals surface area contributed by atoms with Gasteiger partial charge in [0.1, 0.15) is 0 Å². The third-order valence-electron chi connectivity index (χ3n) is 3.90. The van der Waals surface area contributed by atoms with Crippen molar-refractivity contribution >= 4 is 17.7 Å². The van der Waals surface area contributed by atoms with Crippen molar-refractivity contribution in [3.63, 3.8) is 0 Å². The molecule has 0 saturated heterocycles. The van der Waals surface area contributed by atoms with Crippen LogP contribution < -0.4 is 5.32 Å². The third kappa shape index (κ3) is 5.43. The second-order valence-electron chi connectivity index (χ2n) is 6.13. The van der Waals surface area contributed by atoms with Gasteiger partial charge in [-0.25, -0.2) is 0 Å². The molecule has 0 fully saturated rings. The lowest BCUT2D eigenvalue weighted by Gasteiger charge is -2.17. The van der Waals surface area contributed by atoms with Crippen molar-refractivity contribution in [3.05, 3.63) is 70.3 Å². The van der Waals surface area contributed by atoms with Gasteiger partial charge in [0.05, 0.1) is 11.8 Å². The second kappa shape index (κ2) is 8.21. The Balaban J connectivity index is 1.82. The van der Waals surface area contributed by atoms with Gasteiger partial charge in [-0.05, 0) is 44.4 Å². The second-order valence-corrected chi connectivity index (χ2v) is 7.11. The van der Waals surface area contributed by atoms with Gasteiger partial charge in [-0.1, -0.05) is 53.6 Å². The summed E-state index contributed by atoms with van der Waals surface area (Å²) < 4.78 is 0. The first-order chi connectivity index (χ1) is 11.0. The first-order valence-corrected chi connectivity index (χ1v) is 9.11. The van der Waals surface area contributed by atoms with Crippen molar-refractivity contribution in [1.82, 2.24) is 5.32 Å². The highest BCUT2D eigenvalue weighted by Gasteiger charge is 2.12. The number of rotatable bonds is 6. The molecule has 2 rings (SSSR count). The quantitative estimate of drug-likeness (QED) is 0.831. The SMILES string of the molecule is Cc1ccc(CSCC(=O)N[C@H](C)c2cc(C)ccc2C)cc1. The Labute approximate surface area is 143 Å². The van der Waals surface area contributed by atoms with Crippen LogP contribution >= 0.6 is 11.8 Å². The molecule has 0 saturated carbocycles. The fraction of sp³-hybridized carbons (Fsp3) is 0.350. The van der Waals surface area contributed by atoms with Crippen molar-refractivity contribution in [2.45, 2.75) is 39.5 Å². The summed E-state index contributed by atoms with van der Waals surface area (Å²) in [7, 11) is 0. The Morgan fingerprint density at radius 1 is 1.04 bits per heavy atom. The molecule has 3 heteroatoms. The highest BCUT2D eigenvalue weighted by molar-refractivity contribution is 7.99. The largest absolute Gasteiger partial charge is 0.349 e. The van der Waals surface area contributed by atoms with E-state index < -0.39 is 0 Å². The highest BCUT2D eigenvalue weighted by Crippen LogP contribution is 2.19. The molecule has 0 heterocycles. The lowest BCUT2D eigenvalue weighted by molar-refractivity contribution is -0.119. The van der Waals surface area contributed by atoms with Gasteiger partial charge in [0.15, 0.2) is 0 Å². The van der Waals surface area contributed by atoms with E-state index in [0.717, 1.165) is 5.75 Å². The van der Waals surface area contributed by atoms with Crippen molar-refractivity contribution in [3.8, 4) is 0 Å². The fourth-order valence-corrected chi connectivity index (χ4v) is 3.33. The summed E-state index contributed by atoms with van der Waals surface area (Å²) in [6.07, 6.45) is 0. The Morgan fingerprint density at radius 2 is 1.70 bits per heavy atom. The summed E-state index contributed by atoms with van der Waals surface area (Å²) in [5, 5.41) is 3.10. The molecular formula is C20H25NOS. The van der Waals surface area contributed by atoms with Crippen molar-refractivity contribution in [2.24, 2.45) is 0 Å². The number of nitrogens with one attached hydrogen (secondary N) is 1. The van der Waals surface area contributed by atoms with E-state index >= 15 is 0 Å². The molecule has 1 atom stereocenters. The van der Waals surface area contributed by atoms with Gasteiger partial charge in [-0.15, -0.1) is 11.8 Å². The van der Waals surface area contributed by atoms with E-state index in [1.165, 1.54) is 27.8 Å². The van der Waals surface area contributed by atoms with Crippen LogP contribution in [-0.2, 0) is 10.5 Å². The Hall–Kier alpha value is -1.74. The monoisotopic (exact) mass is 327 g/mol. The topological polar surface area (TPSA) is 29.1 Å². The van der Waals surface area contributed by atoms with Gasteiger partial charge < -0.3 is 5.32 Å². The van der Waals surface area contributed by atoms with Crippen LogP contribution in [0.2, 0.25) is 0 Å². The number of thioether (sulfide) groups is 1. The molecule has 0 aliphatic heterocycles. The molecule has 2 aromatic rings. The van der Waals surface area contributed by atoms with E-state index in [1.54, 1.807) is 11.8 Å². The van der Waals surface area contributed by atoms with Crippen LogP contribution in [0.5, 0.6) is 0 Å². The summed E-state index contributed by atoms with van der Waals surface area (Å²) in [5.74, 6) is 1.45.